The van der Waals surface area contributed by atoms with Gasteiger partial charge in [0.15, 0.2) is 6.79 Å². The Morgan fingerprint density at radius 3 is 2.69 bits per heavy atom. The first-order valence-corrected chi connectivity index (χ1v) is 9.73. The molecule has 7 heteroatoms. The normalized spacial score (nSPS) is 25.9. The second-order valence-corrected chi connectivity index (χ2v) is 7.97. The van der Waals surface area contributed by atoms with Crippen molar-refractivity contribution >= 4 is 10.9 Å². The number of ether oxygens (including phenoxy) is 3. The van der Waals surface area contributed by atoms with Crippen LogP contribution in [0.2, 0.25) is 0 Å². The topological polar surface area (TPSA) is 88.6 Å². The van der Waals surface area contributed by atoms with E-state index in [0.29, 0.717) is 28.2 Å². The van der Waals surface area contributed by atoms with E-state index in [1.165, 1.54) is 0 Å². The average Bonchev–Trinajstić information content (AvgIpc) is 3.12. The number of nitrogens with zero attached hydrogens (tertiary/aromatic N) is 2. The highest BCUT2D eigenvalue weighted by Gasteiger charge is 2.71. The van der Waals surface area contributed by atoms with Crippen LogP contribution in [-0.2, 0) is 9.47 Å². The van der Waals surface area contributed by atoms with Crippen LogP contribution in [0.25, 0.3) is 16.6 Å². The summed E-state index contributed by atoms with van der Waals surface area (Å²) >= 11 is 0. The summed E-state index contributed by atoms with van der Waals surface area (Å²) in [5.74, 6) is 0.946. The fourth-order valence-electron chi connectivity index (χ4n) is 4.01. The maximum absolute atomic E-state index is 13.5. The maximum atomic E-state index is 13.5. The zero-order valence-electron chi connectivity index (χ0n) is 16.4. The Hall–Kier alpha value is -2.74. The molecule has 2 aliphatic rings. The number of rotatable bonds is 6. The largest absolute Gasteiger partial charge is 0.467 e. The van der Waals surface area contributed by atoms with E-state index in [2.05, 4.69) is 11.9 Å². The first-order chi connectivity index (χ1) is 14.0. The lowest BCUT2D eigenvalue weighted by atomic mass is 10.1. The third-order valence-electron chi connectivity index (χ3n) is 5.81. The minimum atomic E-state index is -0.411. The van der Waals surface area contributed by atoms with Gasteiger partial charge in [-0.3, -0.25) is 9.36 Å². The van der Waals surface area contributed by atoms with Crippen molar-refractivity contribution in [3.63, 3.8) is 0 Å². The molecule has 150 valence electrons. The molecule has 0 amide bonds. The lowest BCUT2D eigenvalue weighted by Crippen LogP contribution is -2.27. The minimum Gasteiger partial charge on any atom is -0.467 e. The number of hydrogen-bond donors (Lipinski definition) is 1. The Morgan fingerprint density at radius 2 is 2.03 bits per heavy atom. The lowest BCUT2D eigenvalue weighted by Gasteiger charge is -2.18. The standard InChI is InChI=1S/C22H23N3O4/c1-13(23)20-24-15-9-6-10-16(28-12-29-19-18-22(19,2)11-27-18)17(15)21(26)25(20)14-7-4-3-5-8-14/h3-10,13,18-19H,11-12,23H2,1-2H3/t13-,18+,19+,22-/m0/s1. The first kappa shape index (κ1) is 18.3. The Bertz CT molecular complexity index is 1130. The monoisotopic (exact) mass is 393 g/mol. The highest BCUT2D eigenvalue weighted by atomic mass is 16.7. The zero-order chi connectivity index (χ0) is 20.2. The van der Waals surface area contributed by atoms with Gasteiger partial charge in [-0.15, -0.1) is 0 Å². The lowest BCUT2D eigenvalue weighted by molar-refractivity contribution is -0.0267. The van der Waals surface area contributed by atoms with E-state index in [1.807, 2.05) is 43.3 Å². The van der Waals surface area contributed by atoms with E-state index in [-0.39, 0.29) is 30.0 Å². The molecule has 1 aliphatic heterocycles. The average molecular weight is 393 g/mol. The molecule has 5 rings (SSSR count). The quantitative estimate of drug-likeness (QED) is 0.648. The zero-order valence-corrected chi connectivity index (χ0v) is 16.4. The molecule has 7 nitrogen and oxygen atoms in total. The highest BCUT2D eigenvalue weighted by Crippen LogP contribution is 2.58. The Labute approximate surface area is 168 Å². The van der Waals surface area contributed by atoms with Crippen LogP contribution in [0.3, 0.4) is 0 Å². The van der Waals surface area contributed by atoms with E-state index >= 15 is 0 Å². The van der Waals surface area contributed by atoms with Crippen molar-refractivity contribution in [3.8, 4) is 11.4 Å². The summed E-state index contributed by atoms with van der Waals surface area (Å²) < 4.78 is 18.7. The number of hydrogen-bond acceptors (Lipinski definition) is 6. The molecule has 2 aromatic carbocycles. The van der Waals surface area contributed by atoms with E-state index in [9.17, 15) is 4.79 Å². The van der Waals surface area contributed by atoms with Gasteiger partial charge >= 0.3 is 0 Å². The summed E-state index contributed by atoms with van der Waals surface area (Å²) in [5.41, 5.74) is 7.30. The van der Waals surface area contributed by atoms with Gasteiger partial charge in [-0.2, -0.15) is 0 Å². The molecule has 0 bridgehead atoms. The summed E-state index contributed by atoms with van der Waals surface area (Å²) in [6, 6.07) is 14.3. The third-order valence-corrected chi connectivity index (χ3v) is 5.81. The number of fused-ring (bicyclic) bond motifs is 2. The minimum absolute atomic E-state index is 0.0546. The van der Waals surface area contributed by atoms with Crippen LogP contribution < -0.4 is 16.0 Å². The van der Waals surface area contributed by atoms with Gasteiger partial charge in [-0.05, 0) is 31.2 Å². The number of para-hydroxylation sites is 1. The van der Waals surface area contributed by atoms with Crippen molar-refractivity contribution in [3.05, 3.63) is 64.7 Å². The van der Waals surface area contributed by atoms with Gasteiger partial charge in [-0.1, -0.05) is 31.2 Å². The van der Waals surface area contributed by atoms with Crippen molar-refractivity contribution in [2.24, 2.45) is 11.1 Å². The van der Waals surface area contributed by atoms with Gasteiger partial charge in [-0.25, -0.2) is 4.98 Å². The van der Waals surface area contributed by atoms with E-state index in [4.69, 9.17) is 19.9 Å². The highest BCUT2D eigenvalue weighted by molar-refractivity contribution is 5.84. The Balaban J connectivity index is 1.53. The van der Waals surface area contributed by atoms with Crippen LogP contribution >= 0.6 is 0 Å². The van der Waals surface area contributed by atoms with Gasteiger partial charge in [0.25, 0.3) is 5.56 Å². The summed E-state index contributed by atoms with van der Waals surface area (Å²) in [4.78, 5) is 18.1. The third kappa shape index (κ3) is 2.85. The van der Waals surface area contributed by atoms with Gasteiger partial charge in [0.05, 0.1) is 36.1 Å². The molecule has 2 N–H and O–H groups in total. The maximum Gasteiger partial charge on any atom is 0.269 e. The molecule has 2 fully saturated rings. The summed E-state index contributed by atoms with van der Waals surface area (Å²) in [6.07, 6.45) is 0.227. The molecule has 1 aromatic heterocycles. The van der Waals surface area contributed by atoms with Crippen LogP contribution in [0.1, 0.15) is 25.7 Å². The number of benzene rings is 2. The predicted octanol–water partition coefficient (Wildman–Crippen LogP) is 2.55. The van der Waals surface area contributed by atoms with Crippen molar-refractivity contribution in [1.82, 2.24) is 9.55 Å². The molecule has 0 spiro atoms. The summed E-state index contributed by atoms with van der Waals surface area (Å²) in [6.45, 7) is 4.73. The van der Waals surface area contributed by atoms with Crippen LogP contribution in [-0.4, -0.2) is 35.2 Å². The fraction of sp³-hybridized carbons (Fsp3) is 0.364. The van der Waals surface area contributed by atoms with Gasteiger partial charge in [0, 0.05) is 5.41 Å². The van der Waals surface area contributed by atoms with E-state index in [1.54, 1.807) is 16.7 Å². The van der Waals surface area contributed by atoms with Gasteiger partial charge < -0.3 is 19.9 Å². The Morgan fingerprint density at radius 1 is 1.28 bits per heavy atom. The SMILES string of the molecule is C[C@H](N)c1nc2cccc(OCO[C@@H]3[C@H]4OC[C@]34C)c2c(=O)n1-c1ccccc1. The Kier molecular flexibility index (Phi) is 4.20. The predicted molar refractivity (Wildman–Crippen MR) is 108 cm³/mol. The molecule has 29 heavy (non-hydrogen) atoms. The van der Waals surface area contributed by atoms with Gasteiger partial charge in [0.2, 0.25) is 0 Å². The molecule has 0 radical (unpaired) electrons. The van der Waals surface area contributed by atoms with Crippen LogP contribution in [0.5, 0.6) is 5.75 Å². The molecule has 1 saturated carbocycles. The van der Waals surface area contributed by atoms with Crippen LogP contribution in [0.15, 0.2) is 53.3 Å². The first-order valence-electron chi connectivity index (χ1n) is 9.73. The van der Waals surface area contributed by atoms with E-state index < -0.39 is 6.04 Å². The molecular weight excluding hydrogens is 370 g/mol. The van der Waals surface area contributed by atoms with Crippen molar-refractivity contribution < 1.29 is 14.2 Å². The van der Waals surface area contributed by atoms with Crippen LogP contribution in [0, 0.1) is 5.41 Å². The molecular formula is C22H23N3O4. The molecule has 1 aliphatic carbocycles. The molecule has 3 aromatic rings. The summed E-state index contributed by atoms with van der Waals surface area (Å²) in [7, 11) is 0. The van der Waals surface area contributed by atoms with Crippen molar-refractivity contribution in [2.75, 3.05) is 13.4 Å². The second-order valence-electron chi connectivity index (χ2n) is 7.97. The van der Waals surface area contributed by atoms with Gasteiger partial charge in [0.1, 0.15) is 17.0 Å². The number of aromatic nitrogens is 2. The molecule has 4 atom stereocenters. The smallest absolute Gasteiger partial charge is 0.269 e. The molecule has 1 saturated heterocycles. The fourth-order valence-corrected chi connectivity index (χ4v) is 4.01. The number of nitrogens with two attached hydrogens (primary N) is 1. The van der Waals surface area contributed by atoms with Crippen LogP contribution in [0.4, 0.5) is 0 Å². The molecule has 2 heterocycles. The van der Waals surface area contributed by atoms with Crippen molar-refractivity contribution in [2.45, 2.75) is 32.1 Å². The second kappa shape index (κ2) is 6.66. The summed E-state index contributed by atoms with van der Waals surface area (Å²) in [5, 5.41) is 0.408. The van der Waals surface area contributed by atoms with E-state index in [0.717, 1.165) is 6.61 Å². The molecule has 0 unspecified atom stereocenters. The van der Waals surface area contributed by atoms with Crippen molar-refractivity contribution in [1.29, 1.82) is 0 Å².